The van der Waals surface area contributed by atoms with Gasteiger partial charge in [-0.3, -0.25) is 19.3 Å². The molecule has 8 heteroatoms. The molecular formula is C12H24N2O6. The van der Waals surface area contributed by atoms with Crippen molar-refractivity contribution in [2.24, 2.45) is 0 Å². The fourth-order valence-corrected chi connectivity index (χ4v) is 1.50. The van der Waals surface area contributed by atoms with E-state index in [4.69, 9.17) is 19.9 Å². The van der Waals surface area contributed by atoms with E-state index < -0.39 is 0 Å². The van der Waals surface area contributed by atoms with Gasteiger partial charge in [-0.05, 0) is 12.8 Å². The van der Waals surface area contributed by atoms with Gasteiger partial charge in [0.15, 0.2) is 0 Å². The first kappa shape index (κ1) is 18.8. The first-order valence-electron chi connectivity index (χ1n) is 6.70. The second-order valence-electron chi connectivity index (χ2n) is 4.02. The number of aliphatic hydroxyl groups is 2. The summed E-state index contributed by atoms with van der Waals surface area (Å²) >= 11 is 0. The van der Waals surface area contributed by atoms with E-state index in [1.54, 1.807) is 0 Å². The molecule has 0 aliphatic heterocycles. The van der Waals surface area contributed by atoms with Crippen LogP contribution in [-0.4, -0.2) is 72.7 Å². The van der Waals surface area contributed by atoms with Crippen molar-refractivity contribution in [1.82, 2.24) is 10.1 Å². The minimum absolute atomic E-state index is 0.106. The summed E-state index contributed by atoms with van der Waals surface area (Å²) in [6.07, 6.45) is 4.52. The van der Waals surface area contributed by atoms with Crippen molar-refractivity contribution >= 4 is 12.8 Å². The lowest BCUT2D eigenvalue weighted by atomic mass is 10.2. The third kappa shape index (κ3) is 10.7. The quantitative estimate of drug-likeness (QED) is 0.235. The Morgan fingerprint density at radius 3 is 1.45 bits per heavy atom. The van der Waals surface area contributed by atoms with Crippen molar-refractivity contribution in [3.05, 3.63) is 0 Å². The van der Waals surface area contributed by atoms with Crippen molar-refractivity contribution in [3.63, 3.8) is 0 Å². The lowest BCUT2D eigenvalue weighted by molar-refractivity contribution is -0.176. The predicted molar refractivity (Wildman–Crippen MR) is 70.1 cm³/mol. The van der Waals surface area contributed by atoms with E-state index in [2.05, 4.69) is 0 Å². The van der Waals surface area contributed by atoms with Crippen LogP contribution in [0.2, 0.25) is 0 Å². The van der Waals surface area contributed by atoms with Crippen molar-refractivity contribution < 1.29 is 29.5 Å². The number of hydrogen-bond donors (Lipinski definition) is 2. The smallest absolute Gasteiger partial charge is 0.233 e. The molecule has 8 nitrogen and oxygen atoms in total. The molecule has 0 atom stereocenters. The van der Waals surface area contributed by atoms with Crippen LogP contribution in [0.3, 0.4) is 0 Å². The fourth-order valence-electron chi connectivity index (χ4n) is 1.50. The molecule has 20 heavy (non-hydrogen) atoms. The average molecular weight is 292 g/mol. The molecule has 0 saturated carbocycles. The normalized spacial score (nSPS) is 10.3. The number of rotatable bonds is 15. The zero-order valence-corrected chi connectivity index (χ0v) is 11.6. The minimum atomic E-state index is -0.125. The molecule has 0 heterocycles. The Labute approximate surface area is 118 Å². The molecule has 0 aromatic rings. The lowest BCUT2D eigenvalue weighted by Crippen LogP contribution is -2.26. The van der Waals surface area contributed by atoms with Crippen molar-refractivity contribution in [2.75, 3.05) is 39.5 Å². The van der Waals surface area contributed by atoms with Crippen LogP contribution in [0.4, 0.5) is 0 Å². The van der Waals surface area contributed by atoms with Gasteiger partial charge >= 0.3 is 0 Å². The van der Waals surface area contributed by atoms with Gasteiger partial charge in [0, 0.05) is 13.1 Å². The van der Waals surface area contributed by atoms with E-state index in [1.165, 1.54) is 0 Å². The first-order chi connectivity index (χ1) is 9.78. The maximum atomic E-state index is 10.6. The highest BCUT2D eigenvalue weighted by atomic mass is 16.7. The summed E-state index contributed by atoms with van der Waals surface area (Å²) in [7, 11) is 0. The number of hydroxylamine groups is 4. The number of carbonyl (C=O) groups excluding carboxylic acids is 2. The Balaban J connectivity index is 3.50. The number of unbranched alkanes of at least 4 members (excludes halogenated alkanes) is 3. The largest absolute Gasteiger partial charge is 0.394 e. The van der Waals surface area contributed by atoms with Crippen LogP contribution in [0, 0.1) is 0 Å². The Bertz CT molecular complexity index is 218. The van der Waals surface area contributed by atoms with Gasteiger partial charge in [0.1, 0.15) is 0 Å². The van der Waals surface area contributed by atoms with Gasteiger partial charge < -0.3 is 10.2 Å². The average Bonchev–Trinajstić information content (AvgIpc) is 2.48. The van der Waals surface area contributed by atoms with E-state index in [0.29, 0.717) is 25.9 Å². The van der Waals surface area contributed by atoms with Gasteiger partial charge in [0.05, 0.1) is 26.4 Å². The first-order valence-corrected chi connectivity index (χ1v) is 6.70. The van der Waals surface area contributed by atoms with E-state index in [0.717, 1.165) is 35.8 Å². The molecule has 0 aromatic heterocycles. The molecule has 2 N–H and O–H groups in total. The summed E-state index contributed by atoms with van der Waals surface area (Å²) in [6, 6.07) is 0. The maximum absolute atomic E-state index is 10.6. The Morgan fingerprint density at radius 1 is 0.750 bits per heavy atom. The summed E-state index contributed by atoms with van der Waals surface area (Å²) in [5.41, 5.74) is 0. The molecule has 0 aliphatic rings. The Morgan fingerprint density at radius 2 is 1.15 bits per heavy atom. The molecule has 0 fully saturated rings. The van der Waals surface area contributed by atoms with Crippen LogP contribution in [0.1, 0.15) is 25.7 Å². The summed E-state index contributed by atoms with van der Waals surface area (Å²) < 4.78 is 0. The number of hydrogen-bond acceptors (Lipinski definition) is 6. The SMILES string of the molecule is O=CN(CCCCCCN(C=O)OCCO)OCCO. The minimum Gasteiger partial charge on any atom is -0.394 e. The molecule has 0 rings (SSSR count). The zero-order chi connectivity index (χ0) is 15.1. The highest BCUT2D eigenvalue weighted by Crippen LogP contribution is 2.03. The third-order valence-corrected chi connectivity index (χ3v) is 2.44. The number of carbonyl (C=O) groups is 2. The predicted octanol–water partition coefficient (Wildman–Crippen LogP) is -0.689. The standard InChI is InChI=1S/C12H24N2O6/c15-7-9-19-13(11-17)5-3-1-2-4-6-14(12-18)20-10-8-16/h11-12,15-16H,1-10H2. The van der Waals surface area contributed by atoms with Crippen molar-refractivity contribution in [1.29, 1.82) is 0 Å². The lowest BCUT2D eigenvalue weighted by Gasteiger charge is -2.17. The number of amides is 2. The number of aliphatic hydroxyl groups excluding tert-OH is 2. The van der Waals surface area contributed by atoms with Crippen LogP contribution in [0.15, 0.2) is 0 Å². The Hall–Kier alpha value is -1.22. The molecule has 0 spiro atoms. The summed E-state index contributed by atoms with van der Waals surface area (Å²) in [4.78, 5) is 31.1. The van der Waals surface area contributed by atoms with Crippen molar-refractivity contribution in [3.8, 4) is 0 Å². The fraction of sp³-hybridized carbons (Fsp3) is 0.833. The molecule has 0 aromatic carbocycles. The van der Waals surface area contributed by atoms with Gasteiger partial charge in [-0.1, -0.05) is 12.8 Å². The summed E-state index contributed by atoms with van der Waals surface area (Å²) in [5, 5.41) is 19.5. The second kappa shape index (κ2) is 14.2. The van der Waals surface area contributed by atoms with Gasteiger partial charge in [-0.15, -0.1) is 0 Å². The zero-order valence-electron chi connectivity index (χ0n) is 11.6. The second-order valence-corrected chi connectivity index (χ2v) is 4.02. The molecule has 0 radical (unpaired) electrons. The Kier molecular flexibility index (Phi) is 13.3. The van der Waals surface area contributed by atoms with Crippen LogP contribution in [-0.2, 0) is 19.3 Å². The van der Waals surface area contributed by atoms with Gasteiger partial charge in [-0.2, -0.15) is 0 Å². The molecule has 0 saturated heterocycles. The monoisotopic (exact) mass is 292 g/mol. The molecule has 0 unspecified atom stereocenters. The summed E-state index contributed by atoms with van der Waals surface area (Å²) in [5.74, 6) is 0. The van der Waals surface area contributed by atoms with Crippen LogP contribution < -0.4 is 0 Å². The van der Waals surface area contributed by atoms with Gasteiger partial charge in [-0.25, -0.2) is 10.1 Å². The van der Waals surface area contributed by atoms with E-state index in [-0.39, 0.29) is 26.4 Å². The maximum Gasteiger partial charge on any atom is 0.233 e. The van der Waals surface area contributed by atoms with Gasteiger partial charge in [0.2, 0.25) is 12.8 Å². The van der Waals surface area contributed by atoms with Crippen LogP contribution in [0.5, 0.6) is 0 Å². The van der Waals surface area contributed by atoms with E-state index >= 15 is 0 Å². The highest BCUT2D eigenvalue weighted by molar-refractivity contribution is 5.45. The van der Waals surface area contributed by atoms with Gasteiger partial charge in [0.25, 0.3) is 0 Å². The molecule has 118 valence electrons. The molecule has 0 bridgehead atoms. The van der Waals surface area contributed by atoms with Crippen molar-refractivity contribution in [2.45, 2.75) is 25.7 Å². The highest BCUT2D eigenvalue weighted by Gasteiger charge is 2.03. The number of nitrogens with zero attached hydrogens (tertiary/aromatic N) is 2. The topological polar surface area (TPSA) is 99.5 Å². The molecular weight excluding hydrogens is 268 g/mol. The van der Waals surface area contributed by atoms with E-state index in [1.807, 2.05) is 0 Å². The molecule has 0 aliphatic carbocycles. The van der Waals surface area contributed by atoms with Crippen LogP contribution in [0.25, 0.3) is 0 Å². The van der Waals surface area contributed by atoms with Crippen LogP contribution >= 0.6 is 0 Å². The molecule has 2 amide bonds. The summed E-state index contributed by atoms with van der Waals surface area (Å²) in [6.45, 7) is 0.910. The third-order valence-electron chi connectivity index (χ3n) is 2.44. The van der Waals surface area contributed by atoms with E-state index in [9.17, 15) is 9.59 Å².